The van der Waals surface area contributed by atoms with Gasteiger partial charge in [0.2, 0.25) is 0 Å². The quantitative estimate of drug-likeness (QED) is 0.442. The highest BCUT2D eigenvalue weighted by atomic mass is 16.5. The smallest absolute Gasteiger partial charge is 0.333 e. The summed E-state index contributed by atoms with van der Waals surface area (Å²) in [6.07, 6.45) is 5.04. The molecule has 1 heterocycles. The van der Waals surface area contributed by atoms with Gasteiger partial charge in [-0.15, -0.1) is 0 Å². The molecule has 1 aliphatic heterocycles. The van der Waals surface area contributed by atoms with Gasteiger partial charge in [0, 0.05) is 30.9 Å². The molecule has 0 saturated heterocycles. The van der Waals surface area contributed by atoms with Crippen molar-refractivity contribution in [3.63, 3.8) is 0 Å². The molecule has 4 rings (SSSR count). The molecular weight excluding hydrogens is 410 g/mol. The topological polar surface area (TPSA) is 49.8 Å². The predicted octanol–water partition coefficient (Wildman–Crippen LogP) is 5.98. The van der Waals surface area contributed by atoms with Gasteiger partial charge in [-0.3, -0.25) is 0 Å². The van der Waals surface area contributed by atoms with E-state index in [2.05, 4.69) is 65.6 Å². The minimum Gasteiger partial charge on any atom is -0.479 e. The van der Waals surface area contributed by atoms with E-state index < -0.39 is 12.1 Å². The van der Waals surface area contributed by atoms with Crippen molar-refractivity contribution >= 4 is 17.3 Å². The van der Waals surface area contributed by atoms with Crippen LogP contribution in [0, 0.1) is 0 Å². The summed E-state index contributed by atoms with van der Waals surface area (Å²) < 4.78 is 5.34. The van der Waals surface area contributed by atoms with E-state index in [1.54, 1.807) is 0 Å². The van der Waals surface area contributed by atoms with Crippen LogP contribution in [-0.2, 0) is 35.2 Å². The summed E-state index contributed by atoms with van der Waals surface area (Å²) in [5.41, 5.74) is 7.78. The minimum atomic E-state index is -0.908. The number of hydrogen-bond acceptors (Lipinski definition) is 3. The number of hydrogen-bond donors (Lipinski definition) is 1. The SMILES string of the molecule is CCOC(Cc1ccc(CCCN2c3ccccc3CCCc3ccccc32)cc1)C(=O)O. The van der Waals surface area contributed by atoms with Gasteiger partial charge in [-0.25, -0.2) is 4.79 Å². The van der Waals surface area contributed by atoms with Crippen LogP contribution in [0.4, 0.5) is 11.4 Å². The van der Waals surface area contributed by atoms with E-state index in [1.165, 1.54) is 34.5 Å². The zero-order chi connectivity index (χ0) is 23.0. The molecule has 3 aromatic rings. The molecule has 0 amide bonds. The molecule has 0 fully saturated rings. The Morgan fingerprint density at radius 3 is 2.06 bits per heavy atom. The lowest BCUT2D eigenvalue weighted by molar-refractivity contribution is -0.149. The second-order valence-electron chi connectivity index (χ2n) is 8.67. The zero-order valence-electron chi connectivity index (χ0n) is 19.4. The molecule has 0 saturated carbocycles. The molecule has 1 aliphatic rings. The molecule has 1 atom stereocenters. The molecule has 1 N–H and O–H groups in total. The first-order valence-corrected chi connectivity index (χ1v) is 12.0. The van der Waals surface area contributed by atoms with Gasteiger partial charge >= 0.3 is 5.97 Å². The Balaban J connectivity index is 1.44. The van der Waals surface area contributed by atoms with Crippen molar-refractivity contribution in [2.24, 2.45) is 0 Å². The van der Waals surface area contributed by atoms with E-state index in [0.717, 1.165) is 37.8 Å². The zero-order valence-corrected chi connectivity index (χ0v) is 19.4. The second kappa shape index (κ2) is 11.2. The lowest BCUT2D eigenvalue weighted by Gasteiger charge is -2.31. The van der Waals surface area contributed by atoms with Gasteiger partial charge in [-0.2, -0.15) is 0 Å². The van der Waals surface area contributed by atoms with Gasteiger partial charge in [0.25, 0.3) is 0 Å². The van der Waals surface area contributed by atoms with Crippen LogP contribution in [0.5, 0.6) is 0 Å². The van der Waals surface area contributed by atoms with Crippen LogP contribution in [0.25, 0.3) is 0 Å². The maximum atomic E-state index is 11.3. The number of rotatable bonds is 9. The molecule has 0 bridgehead atoms. The van der Waals surface area contributed by atoms with Crippen LogP contribution in [0.1, 0.15) is 42.0 Å². The molecule has 33 heavy (non-hydrogen) atoms. The van der Waals surface area contributed by atoms with Gasteiger partial charge in [0.1, 0.15) is 0 Å². The number of para-hydroxylation sites is 2. The first-order valence-electron chi connectivity index (χ1n) is 12.0. The summed E-state index contributed by atoms with van der Waals surface area (Å²) in [7, 11) is 0. The number of ether oxygens (including phenoxy) is 1. The third-order valence-electron chi connectivity index (χ3n) is 6.39. The monoisotopic (exact) mass is 443 g/mol. The van der Waals surface area contributed by atoms with Crippen molar-refractivity contribution in [3.8, 4) is 0 Å². The van der Waals surface area contributed by atoms with Gasteiger partial charge in [-0.1, -0.05) is 60.7 Å². The number of carbonyl (C=O) groups is 1. The molecule has 0 spiro atoms. The molecule has 1 unspecified atom stereocenters. The summed E-state index contributed by atoms with van der Waals surface area (Å²) in [6, 6.07) is 25.9. The lowest BCUT2D eigenvalue weighted by Crippen LogP contribution is -2.26. The Morgan fingerprint density at radius 2 is 1.48 bits per heavy atom. The third-order valence-corrected chi connectivity index (χ3v) is 6.39. The third kappa shape index (κ3) is 5.82. The van der Waals surface area contributed by atoms with Crippen LogP contribution < -0.4 is 4.90 Å². The van der Waals surface area contributed by atoms with E-state index in [4.69, 9.17) is 4.74 Å². The fourth-order valence-corrected chi connectivity index (χ4v) is 4.73. The molecule has 3 aromatic carbocycles. The van der Waals surface area contributed by atoms with Crippen molar-refractivity contribution in [1.82, 2.24) is 0 Å². The van der Waals surface area contributed by atoms with E-state index in [-0.39, 0.29) is 0 Å². The van der Waals surface area contributed by atoms with Gasteiger partial charge in [0.05, 0.1) is 0 Å². The maximum Gasteiger partial charge on any atom is 0.333 e. The van der Waals surface area contributed by atoms with Crippen LogP contribution >= 0.6 is 0 Å². The van der Waals surface area contributed by atoms with E-state index in [0.29, 0.717) is 13.0 Å². The average Bonchev–Trinajstić information content (AvgIpc) is 2.82. The number of anilines is 2. The largest absolute Gasteiger partial charge is 0.479 e. The second-order valence-corrected chi connectivity index (χ2v) is 8.67. The van der Waals surface area contributed by atoms with Crippen molar-refractivity contribution in [3.05, 3.63) is 95.1 Å². The first kappa shape index (κ1) is 23.1. The number of fused-ring (bicyclic) bond motifs is 2. The first-order chi connectivity index (χ1) is 16.2. The summed E-state index contributed by atoms with van der Waals surface area (Å²) in [5, 5.41) is 9.31. The van der Waals surface area contributed by atoms with E-state index >= 15 is 0 Å². The molecule has 0 aliphatic carbocycles. The van der Waals surface area contributed by atoms with Crippen LogP contribution in [0.3, 0.4) is 0 Å². The summed E-state index contributed by atoms with van der Waals surface area (Å²) in [5.74, 6) is -0.908. The highest BCUT2D eigenvalue weighted by molar-refractivity contribution is 5.72. The Kier molecular flexibility index (Phi) is 7.79. The Bertz CT molecular complexity index is 1010. The molecular formula is C29H33NO3. The van der Waals surface area contributed by atoms with Crippen molar-refractivity contribution < 1.29 is 14.6 Å². The Morgan fingerprint density at radius 1 is 0.909 bits per heavy atom. The highest BCUT2D eigenvalue weighted by Gasteiger charge is 2.19. The van der Waals surface area contributed by atoms with Crippen LogP contribution in [0.15, 0.2) is 72.8 Å². The number of aryl methyl sites for hydroxylation is 3. The van der Waals surface area contributed by atoms with Crippen molar-refractivity contribution in [1.29, 1.82) is 0 Å². The molecule has 0 aromatic heterocycles. The summed E-state index contributed by atoms with van der Waals surface area (Å²) >= 11 is 0. The predicted molar refractivity (Wildman–Crippen MR) is 133 cm³/mol. The number of carboxylic acid groups (broad SMARTS) is 1. The minimum absolute atomic E-state index is 0.394. The lowest BCUT2D eigenvalue weighted by atomic mass is 9.96. The fourth-order valence-electron chi connectivity index (χ4n) is 4.73. The molecule has 4 heteroatoms. The Hall–Kier alpha value is -3.11. The van der Waals surface area contributed by atoms with Gasteiger partial charge in [-0.05, 0) is 73.4 Å². The van der Waals surface area contributed by atoms with Crippen LogP contribution in [0.2, 0.25) is 0 Å². The number of benzene rings is 3. The van der Waals surface area contributed by atoms with E-state index in [1.807, 2.05) is 19.1 Å². The van der Waals surface area contributed by atoms with Gasteiger partial charge < -0.3 is 14.7 Å². The van der Waals surface area contributed by atoms with E-state index in [9.17, 15) is 9.90 Å². The number of aliphatic carboxylic acids is 1. The fraction of sp³-hybridized carbons (Fsp3) is 0.345. The number of carboxylic acids is 1. The van der Waals surface area contributed by atoms with Crippen LogP contribution in [-0.4, -0.2) is 30.3 Å². The summed E-state index contributed by atoms with van der Waals surface area (Å²) in [6.45, 7) is 3.18. The number of nitrogens with zero attached hydrogens (tertiary/aromatic N) is 1. The van der Waals surface area contributed by atoms with Gasteiger partial charge in [0.15, 0.2) is 6.10 Å². The average molecular weight is 444 g/mol. The highest BCUT2D eigenvalue weighted by Crippen LogP contribution is 2.35. The maximum absolute atomic E-state index is 11.3. The normalized spacial score (nSPS) is 14.0. The molecule has 4 nitrogen and oxygen atoms in total. The Labute approximate surface area is 196 Å². The summed E-state index contributed by atoms with van der Waals surface area (Å²) in [4.78, 5) is 13.8. The van der Waals surface area contributed by atoms with Crippen molar-refractivity contribution in [2.45, 2.75) is 51.6 Å². The van der Waals surface area contributed by atoms with Crippen molar-refractivity contribution in [2.75, 3.05) is 18.1 Å². The molecule has 172 valence electrons. The standard InChI is InChI=1S/C29H33NO3/c1-2-33-28(29(31)32)21-23-18-16-22(17-19-23)9-8-20-30-26-14-5-3-10-24(26)12-7-13-25-11-4-6-15-27(25)30/h3-6,10-11,14-19,28H,2,7-9,12-13,20-21H2,1H3,(H,31,32). The molecule has 0 radical (unpaired) electrons.